The van der Waals surface area contributed by atoms with Crippen LogP contribution in [0.5, 0.6) is 0 Å². The second-order valence-corrected chi connectivity index (χ2v) is 3.82. The van der Waals surface area contributed by atoms with Gasteiger partial charge in [-0.15, -0.1) is 0 Å². The third kappa shape index (κ3) is 1.30. The molecule has 0 saturated carbocycles. The van der Waals surface area contributed by atoms with Gasteiger partial charge in [-0.05, 0) is 42.5 Å². The molecule has 74 valence electrons. The number of fused-ring (bicyclic) bond motifs is 1. The first kappa shape index (κ1) is 9.21. The van der Waals surface area contributed by atoms with Crippen molar-refractivity contribution in [2.24, 2.45) is 5.73 Å². The van der Waals surface area contributed by atoms with Gasteiger partial charge in [0.15, 0.2) is 0 Å². The fourth-order valence-corrected chi connectivity index (χ4v) is 2.03. The van der Waals surface area contributed by atoms with Crippen molar-refractivity contribution >= 4 is 5.97 Å². The van der Waals surface area contributed by atoms with Gasteiger partial charge in [0.2, 0.25) is 0 Å². The molecule has 0 bridgehead atoms. The lowest BCUT2D eigenvalue weighted by Crippen LogP contribution is -2.07. The summed E-state index contributed by atoms with van der Waals surface area (Å²) >= 11 is 0. The largest absolute Gasteiger partial charge is 0.478 e. The maximum atomic E-state index is 10.9. The molecule has 3 heteroatoms. The molecule has 14 heavy (non-hydrogen) atoms. The molecule has 0 radical (unpaired) electrons. The first-order valence-electron chi connectivity index (χ1n) is 4.72. The van der Waals surface area contributed by atoms with E-state index >= 15 is 0 Å². The van der Waals surface area contributed by atoms with E-state index in [1.54, 1.807) is 6.07 Å². The first-order valence-corrected chi connectivity index (χ1v) is 4.72. The van der Waals surface area contributed by atoms with Crippen LogP contribution in [0.4, 0.5) is 0 Å². The van der Waals surface area contributed by atoms with Gasteiger partial charge in [0.25, 0.3) is 0 Å². The van der Waals surface area contributed by atoms with E-state index in [1.165, 1.54) is 0 Å². The smallest absolute Gasteiger partial charge is 0.335 e. The predicted octanol–water partition coefficient (Wildman–Crippen LogP) is 1.64. The zero-order valence-corrected chi connectivity index (χ0v) is 8.08. The lowest BCUT2D eigenvalue weighted by molar-refractivity contribution is 0.0696. The highest BCUT2D eigenvalue weighted by Gasteiger charge is 2.21. The van der Waals surface area contributed by atoms with E-state index in [0.717, 1.165) is 29.5 Å². The molecule has 1 aliphatic carbocycles. The average molecular weight is 191 g/mol. The number of aromatic carboxylic acids is 1. The van der Waals surface area contributed by atoms with E-state index in [0.29, 0.717) is 5.56 Å². The Kier molecular flexibility index (Phi) is 2.04. The second kappa shape index (κ2) is 3.10. The first-order chi connectivity index (χ1) is 6.59. The van der Waals surface area contributed by atoms with Gasteiger partial charge < -0.3 is 10.8 Å². The molecule has 0 saturated heterocycles. The van der Waals surface area contributed by atoms with Gasteiger partial charge >= 0.3 is 5.97 Å². The van der Waals surface area contributed by atoms with Gasteiger partial charge in [-0.1, -0.05) is 6.07 Å². The Morgan fingerprint density at radius 3 is 2.93 bits per heavy atom. The molecule has 2 rings (SSSR count). The van der Waals surface area contributed by atoms with Gasteiger partial charge in [0, 0.05) is 6.04 Å². The van der Waals surface area contributed by atoms with Crippen LogP contribution in [-0.4, -0.2) is 11.1 Å². The summed E-state index contributed by atoms with van der Waals surface area (Å²) in [4.78, 5) is 10.9. The number of hydrogen-bond acceptors (Lipinski definition) is 2. The molecule has 1 atom stereocenters. The summed E-state index contributed by atoms with van der Waals surface area (Å²) in [6.07, 6.45) is 1.83. The highest BCUT2D eigenvalue weighted by atomic mass is 16.4. The third-order valence-corrected chi connectivity index (χ3v) is 2.84. The van der Waals surface area contributed by atoms with Crippen LogP contribution in [0, 0.1) is 6.92 Å². The average Bonchev–Trinajstić information content (AvgIpc) is 2.46. The quantitative estimate of drug-likeness (QED) is 0.709. The summed E-state index contributed by atoms with van der Waals surface area (Å²) in [5.41, 5.74) is 9.31. The highest BCUT2D eigenvalue weighted by molar-refractivity contribution is 5.89. The summed E-state index contributed by atoms with van der Waals surface area (Å²) in [5.74, 6) is -0.856. The lowest BCUT2D eigenvalue weighted by Gasteiger charge is -2.08. The second-order valence-electron chi connectivity index (χ2n) is 3.82. The number of carbonyl (C=O) groups is 1. The lowest BCUT2D eigenvalue weighted by atomic mass is 10.00. The molecular formula is C11H13NO2. The van der Waals surface area contributed by atoms with Crippen molar-refractivity contribution in [2.75, 3.05) is 0 Å². The Morgan fingerprint density at radius 1 is 1.57 bits per heavy atom. The molecule has 3 N–H and O–H groups in total. The van der Waals surface area contributed by atoms with E-state index in [1.807, 2.05) is 13.0 Å². The van der Waals surface area contributed by atoms with Crippen LogP contribution in [0.1, 0.15) is 39.5 Å². The number of benzene rings is 1. The molecule has 1 aromatic carbocycles. The Morgan fingerprint density at radius 2 is 2.29 bits per heavy atom. The molecule has 0 aliphatic heterocycles. The molecule has 0 aromatic heterocycles. The zero-order valence-electron chi connectivity index (χ0n) is 8.08. The number of rotatable bonds is 1. The van der Waals surface area contributed by atoms with Gasteiger partial charge in [-0.3, -0.25) is 0 Å². The SMILES string of the molecule is Cc1cc2c(cc1C(=O)O)CCC2N. The minimum absolute atomic E-state index is 0.0894. The Labute approximate surface area is 82.5 Å². The molecule has 0 spiro atoms. The fourth-order valence-electron chi connectivity index (χ4n) is 2.03. The van der Waals surface area contributed by atoms with E-state index in [9.17, 15) is 4.79 Å². The maximum Gasteiger partial charge on any atom is 0.335 e. The fraction of sp³-hybridized carbons (Fsp3) is 0.364. The molecule has 1 aromatic rings. The summed E-state index contributed by atoms with van der Waals surface area (Å²) < 4.78 is 0. The van der Waals surface area contributed by atoms with Gasteiger partial charge in [-0.2, -0.15) is 0 Å². The molecular weight excluding hydrogens is 178 g/mol. The molecule has 0 fully saturated rings. The maximum absolute atomic E-state index is 10.9. The van der Waals surface area contributed by atoms with Gasteiger partial charge in [0.1, 0.15) is 0 Å². The molecule has 1 unspecified atom stereocenters. The topological polar surface area (TPSA) is 63.3 Å². The Hall–Kier alpha value is -1.35. The highest BCUT2D eigenvalue weighted by Crippen LogP contribution is 2.31. The number of carboxylic acid groups (broad SMARTS) is 1. The summed E-state index contributed by atoms with van der Waals surface area (Å²) in [7, 11) is 0. The van der Waals surface area contributed by atoms with Gasteiger partial charge in [-0.25, -0.2) is 4.79 Å². The summed E-state index contributed by atoms with van der Waals surface area (Å²) in [6.45, 7) is 1.81. The van der Waals surface area contributed by atoms with Crippen LogP contribution in [0.25, 0.3) is 0 Å². The van der Waals surface area contributed by atoms with Crippen LogP contribution in [-0.2, 0) is 6.42 Å². The third-order valence-electron chi connectivity index (χ3n) is 2.84. The molecule has 3 nitrogen and oxygen atoms in total. The van der Waals surface area contributed by atoms with Crippen LogP contribution in [0.2, 0.25) is 0 Å². The predicted molar refractivity (Wildman–Crippen MR) is 53.4 cm³/mol. The van der Waals surface area contributed by atoms with Crippen molar-refractivity contribution in [3.8, 4) is 0 Å². The number of nitrogens with two attached hydrogens (primary N) is 1. The number of carboxylic acids is 1. The zero-order chi connectivity index (χ0) is 10.3. The molecule has 1 aliphatic rings. The standard InChI is InChI=1S/C11H13NO2/c1-6-4-9-7(2-3-10(9)12)5-8(6)11(13)14/h4-5,10H,2-3,12H2,1H3,(H,13,14). The number of hydrogen-bond donors (Lipinski definition) is 2. The summed E-state index contributed by atoms with van der Waals surface area (Å²) in [6, 6.07) is 3.77. The van der Waals surface area contributed by atoms with Crippen molar-refractivity contribution in [3.63, 3.8) is 0 Å². The van der Waals surface area contributed by atoms with Gasteiger partial charge in [0.05, 0.1) is 5.56 Å². The van der Waals surface area contributed by atoms with E-state index in [-0.39, 0.29) is 6.04 Å². The number of aryl methyl sites for hydroxylation is 2. The van der Waals surface area contributed by atoms with Crippen LogP contribution in [0.15, 0.2) is 12.1 Å². The van der Waals surface area contributed by atoms with Crippen molar-refractivity contribution in [1.82, 2.24) is 0 Å². The van der Waals surface area contributed by atoms with E-state index in [4.69, 9.17) is 10.8 Å². The van der Waals surface area contributed by atoms with Crippen molar-refractivity contribution in [1.29, 1.82) is 0 Å². The van der Waals surface area contributed by atoms with Crippen LogP contribution in [0.3, 0.4) is 0 Å². The van der Waals surface area contributed by atoms with Crippen LogP contribution < -0.4 is 5.73 Å². The van der Waals surface area contributed by atoms with Crippen LogP contribution >= 0.6 is 0 Å². The normalized spacial score (nSPS) is 19.4. The van der Waals surface area contributed by atoms with E-state index < -0.39 is 5.97 Å². The minimum Gasteiger partial charge on any atom is -0.478 e. The van der Waals surface area contributed by atoms with Crippen molar-refractivity contribution in [3.05, 3.63) is 34.4 Å². The minimum atomic E-state index is -0.856. The molecule has 0 heterocycles. The monoisotopic (exact) mass is 191 g/mol. The Bertz CT molecular complexity index is 399. The molecule has 0 amide bonds. The van der Waals surface area contributed by atoms with Crippen molar-refractivity contribution < 1.29 is 9.90 Å². The van der Waals surface area contributed by atoms with Crippen molar-refractivity contribution in [2.45, 2.75) is 25.8 Å². The Balaban J connectivity index is 2.55. The summed E-state index contributed by atoms with van der Waals surface area (Å²) in [5, 5.41) is 8.93. The van der Waals surface area contributed by atoms with E-state index in [2.05, 4.69) is 0 Å².